The van der Waals surface area contributed by atoms with Gasteiger partial charge in [-0.1, -0.05) is 6.92 Å². The maximum absolute atomic E-state index is 11.9. The lowest BCUT2D eigenvalue weighted by atomic mass is 10.1. The van der Waals surface area contributed by atoms with Gasteiger partial charge in [0.05, 0.1) is 16.6 Å². The lowest BCUT2D eigenvalue weighted by Gasteiger charge is -2.12. The Bertz CT molecular complexity index is 825. The van der Waals surface area contributed by atoms with Gasteiger partial charge in [0.15, 0.2) is 21.3 Å². The number of sulfone groups is 1. The molecule has 0 saturated carbocycles. The van der Waals surface area contributed by atoms with E-state index in [1.807, 2.05) is 0 Å². The second kappa shape index (κ2) is 5.39. The lowest BCUT2D eigenvalue weighted by Crippen LogP contribution is -2.25. The van der Waals surface area contributed by atoms with Crippen molar-refractivity contribution in [3.63, 3.8) is 0 Å². The van der Waals surface area contributed by atoms with Crippen molar-refractivity contribution in [2.75, 3.05) is 18.8 Å². The van der Waals surface area contributed by atoms with E-state index in [2.05, 4.69) is 4.98 Å². The van der Waals surface area contributed by atoms with Gasteiger partial charge in [0.1, 0.15) is 5.52 Å². The van der Waals surface area contributed by atoms with Gasteiger partial charge in [-0.05, 0) is 24.6 Å². The van der Waals surface area contributed by atoms with E-state index in [1.54, 1.807) is 36.9 Å². The largest absolute Gasteiger partial charge is 0.440 e. The van der Waals surface area contributed by atoms with E-state index in [0.717, 1.165) is 6.42 Å². The number of aromatic nitrogens is 1. The molecular formula is C15H18N2O4S. The maximum atomic E-state index is 11.9. The second-order valence-electron chi connectivity index (χ2n) is 5.54. The number of rotatable bonds is 3. The quantitative estimate of drug-likeness (QED) is 0.863. The Labute approximate surface area is 129 Å². The third-order valence-electron chi connectivity index (χ3n) is 4.10. The first-order valence-electron chi connectivity index (χ1n) is 7.29. The van der Waals surface area contributed by atoms with Gasteiger partial charge < -0.3 is 9.32 Å². The number of oxazole rings is 1. The number of amides is 1. The SMILES string of the molecule is CCS(=O)(=O)c1ccc2oc(C3CCN(C(C)=O)C3)nc2c1. The fourth-order valence-electron chi connectivity index (χ4n) is 2.71. The van der Waals surface area contributed by atoms with Crippen molar-refractivity contribution in [3.05, 3.63) is 24.1 Å². The first-order chi connectivity index (χ1) is 10.4. The van der Waals surface area contributed by atoms with E-state index in [0.29, 0.717) is 30.1 Å². The summed E-state index contributed by atoms with van der Waals surface area (Å²) in [6.45, 7) is 4.47. The number of hydrogen-bond donors (Lipinski definition) is 0. The minimum absolute atomic E-state index is 0.0509. The van der Waals surface area contributed by atoms with Gasteiger partial charge in [0.2, 0.25) is 5.91 Å². The molecule has 3 rings (SSSR count). The van der Waals surface area contributed by atoms with E-state index in [-0.39, 0.29) is 22.5 Å². The highest BCUT2D eigenvalue weighted by Gasteiger charge is 2.29. The monoisotopic (exact) mass is 322 g/mol. The summed E-state index contributed by atoms with van der Waals surface area (Å²) in [4.78, 5) is 17.9. The third-order valence-corrected chi connectivity index (χ3v) is 5.83. The van der Waals surface area contributed by atoms with E-state index in [9.17, 15) is 13.2 Å². The number of benzene rings is 1. The van der Waals surface area contributed by atoms with Gasteiger partial charge in [-0.2, -0.15) is 0 Å². The number of carbonyl (C=O) groups excluding carboxylic acids is 1. The van der Waals surface area contributed by atoms with Crippen LogP contribution >= 0.6 is 0 Å². The summed E-state index contributed by atoms with van der Waals surface area (Å²) in [5.74, 6) is 0.752. The van der Waals surface area contributed by atoms with Crippen molar-refractivity contribution in [1.82, 2.24) is 9.88 Å². The van der Waals surface area contributed by atoms with E-state index in [1.165, 1.54) is 0 Å². The molecule has 2 aromatic rings. The van der Waals surface area contributed by atoms with Crippen molar-refractivity contribution in [2.45, 2.75) is 31.1 Å². The Balaban J connectivity index is 1.92. The Hall–Kier alpha value is -1.89. The smallest absolute Gasteiger partial charge is 0.219 e. The molecule has 1 saturated heterocycles. The highest BCUT2D eigenvalue weighted by atomic mass is 32.2. The topological polar surface area (TPSA) is 80.5 Å². The molecule has 1 aliphatic heterocycles. The zero-order valence-electron chi connectivity index (χ0n) is 12.6. The molecule has 0 aliphatic carbocycles. The molecule has 0 radical (unpaired) electrons. The third kappa shape index (κ3) is 2.61. The highest BCUT2D eigenvalue weighted by Crippen LogP contribution is 2.30. The summed E-state index contributed by atoms with van der Waals surface area (Å²) in [5, 5.41) is 0. The minimum Gasteiger partial charge on any atom is -0.440 e. The molecule has 0 spiro atoms. The number of nitrogens with zero attached hydrogens (tertiary/aromatic N) is 2. The Morgan fingerprint density at radius 1 is 1.45 bits per heavy atom. The van der Waals surface area contributed by atoms with Gasteiger partial charge in [0.25, 0.3) is 0 Å². The summed E-state index contributed by atoms with van der Waals surface area (Å²) >= 11 is 0. The van der Waals surface area contributed by atoms with E-state index >= 15 is 0 Å². The predicted molar refractivity (Wildman–Crippen MR) is 81.3 cm³/mol. The molecule has 0 N–H and O–H groups in total. The van der Waals surface area contributed by atoms with Crippen LogP contribution in [0.25, 0.3) is 11.1 Å². The van der Waals surface area contributed by atoms with Crippen LogP contribution in [0.15, 0.2) is 27.5 Å². The highest BCUT2D eigenvalue weighted by molar-refractivity contribution is 7.91. The predicted octanol–water partition coefficient (Wildman–Crippen LogP) is 1.96. The van der Waals surface area contributed by atoms with Crippen LogP contribution in [0, 0.1) is 0 Å². The Morgan fingerprint density at radius 3 is 2.86 bits per heavy atom. The van der Waals surface area contributed by atoms with Gasteiger partial charge in [-0.25, -0.2) is 13.4 Å². The molecular weight excluding hydrogens is 304 g/mol. The normalized spacial score (nSPS) is 19.0. The van der Waals surface area contributed by atoms with Crippen LogP contribution < -0.4 is 0 Å². The summed E-state index contributed by atoms with van der Waals surface area (Å²) in [6, 6.07) is 4.75. The average molecular weight is 322 g/mol. The number of fused-ring (bicyclic) bond motifs is 1. The van der Waals surface area contributed by atoms with Crippen LogP contribution in [0.1, 0.15) is 32.1 Å². The molecule has 1 fully saturated rings. The van der Waals surface area contributed by atoms with Gasteiger partial charge in [-0.3, -0.25) is 4.79 Å². The fraction of sp³-hybridized carbons (Fsp3) is 0.467. The van der Waals surface area contributed by atoms with Crippen LogP contribution in [-0.2, 0) is 14.6 Å². The molecule has 22 heavy (non-hydrogen) atoms. The van der Waals surface area contributed by atoms with Crippen LogP contribution in [0.3, 0.4) is 0 Å². The van der Waals surface area contributed by atoms with E-state index in [4.69, 9.17) is 4.42 Å². The molecule has 6 nitrogen and oxygen atoms in total. The zero-order valence-corrected chi connectivity index (χ0v) is 13.4. The molecule has 0 bridgehead atoms. The fourth-order valence-corrected chi connectivity index (χ4v) is 3.61. The molecule has 1 aromatic carbocycles. The van der Waals surface area contributed by atoms with Gasteiger partial charge in [-0.15, -0.1) is 0 Å². The molecule has 1 aromatic heterocycles. The van der Waals surface area contributed by atoms with E-state index < -0.39 is 9.84 Å². The second-order valence-corrected chi connectivity index (χ2v) is 7.81. The van der Waals surface area contributed by atoms with Crippen molar-refractivity contribution in [3.8, 4) is 0 Å². The standard InChI is InChI=1S/C15H18N2O4S/c1-3-22(19,20)12-4-5-14-13(8-12)16-15(21-14)11-6-7-17(9-11)10(2)18/h4-5,8,11H,3,6-7,9H2,1-2H3. The maximum Gasteiger partial charge on any atom is 0.219 e. The zero-order chi connectivity index (χ0) is 15.9. The molecule has 1 atom stereocenters. The molecule has 7 heteroatoms. The number of carbonyl (C=O) groups is 1. The van der Waals surface area contributed by atoms with Gasteiger partial charge >= 0.3 is 0 Å². The summed E-state index contributed by atoms with van der Waals surface area (Å²) in [7, 11) is -3.25. The molecule has 1 unspecified atom stereocenters. The van der Waals surface area contributed by atoms with Crippen LogP contribution in [0.2, 0.25) is 0 Å². The minimum atomic E-state index is -3.25. The first kappa shape index (κ1) is 15.0. The molecule has 118 valence electrons. The van der Waals surface area contributed by atoms with Crippen LogP contribution in [0.4, 0.5) is 0 Å². The van der Waals surface area contributed by atoms with Gasteiger partial charge in [0, 0.05) is 20.0 Å². The number of likely N-dealkylation sites (tertiary alicyclic amines) is 1. The van der Waals surface area contributed by atoms with Crippen molar-refractivity contribution in [2.24, 2.45) is 0 Å². The Kier molecular flexibility index (Phi) is 3.68. The summed E-state index contributed by atoms with van der Waals surface area (Å²) < 4.78 is 29.6. The summed E-state index contributed by atoms with van der Waals surface area (Å²) in [5.41, 5.74) is 1.12. The van der Waals surface area contributed by atoms with Crippen LogP contribution in [-0.4, -0.2) is 43.1 Å². The molecule has 1 aliphatic rings. The van der Waals surface area contributed by atoms with Crippen LogP contribution in [0.5, 0.6) is 0 Å². The molecule has 1 amide bonds. The van der Waals surface area contributed by atoms with Crippen molar-refractivity contribution < 1.29 is 17.6 Å². The Morgan fingerprint density at radius 2 is 2.23 bits per heavy atom. The average Bonchev–Trinajstić information content (AvgIpc) is 3.12. The summed E-state index contributed by atoms with van der Waals surface area (Å²) in [6.07, 6.45) is 0.812. The first-order valence-corrected chi connectivity index (χ1v) is 8.94. The van der Waals surface area contributed by atoms with Crippen molar-refractivity contribution in [1.29, 1.82) is 0 Å². The number of hydrogen-bond acceptors (Lipinski definition) is 5. The van der Waals surface area contributed by atoms with Crippen molar-refractivity contribution >= 4 is 26.8 Å². The molecule has 2 heterocycles. The lowest BCUT2D eigenvalue weighted by molar-refractivity contribution is -0.127.